The number of benzene rings is 1. The summed E-state index contributed by atoms with van der Waals surface area (Å²) in [6, 6.07) is 3.27. The molecule has 1 aliphatic carbocycles. The van der Waals surface area contributed by atoms with Gasteiger partial charge in [-0.25, -0.2) is 8.78 Å². The van der Waals surface area contributed by atoms with Crippen LogP contribution < -0.4 is 4.90 Å². The number of aliphatic hydroxyl groups is 1. The van der Waals surface area contributed by atoms with Crippen LogP contribution in [0, 0.1) is 17.6 Å². The molecule has 0 amide bonds. The highest BCUT2D eigenvalue weighted by atomic mass is 32.1. The molecule has 1 N–H and O–H groups in total. The Bertz CT molecular complexity index is 698. The zero-order valence-corrected chi connectivity index (χ0v) is 12.6. The SMILES string of the molecule is OC1(C2CC2)CCN(c2nc(-c3cc(F)cc(F)c3)ns2)C1. The molecule has 2 aromatic rings. The molecular weight excluding hydrogens is 308 g/mol. The Morgan fingerprint density at radius 1 is 1.23 bits per heavy atom. The van der Waals surface area contributed by atoms with Crippen molar-refractivity contribution in [2.75, 3.05) is 18.0 Å². The highest BCUT2D eigenvalue weighted by Gasteiger charge is 2.48. The lowest BCUT2D eigenvalue weighted by Crippen LogP contribution is -2.35. The van der Waals surface area contributed by atoms with E-state index in [4.69, 9.17) is 0 Å². The second-order valence-electron chi connectivity index (χ2n) is 6.11. The lowest BCUT2D eigenvalue weighted by Gasteiger charge is -2.22. The predicted octanol–water partition coefficient (Wildman–Crippen LogP) is 2.83. The molecule has 1 aliphatic heterocycles. The summed E-state index contributed by atoms with van der Waals surface area (Å²) in [6.07, 6.45) is 2.92. The Hall–Kier alpha value is -1.60. The third-order valence-corrected chi connectivity index (χ3v) is 5.20. The number of halogens is 2. The molecule has 2 aliphatic rings. The van der Waals surface area contributed by atoms with E-state index in [1.807, 2.05) is 4.90 Å². The summed E-state index contributed by atoms with van der Waals surface area (Å²) >= 11 is 1.20. The van der Waals surface area contributed by atoms with Gasteiger partial charge in [-0.15, -0.1) is 0 Å². The van der Waals surface area contributed by atoms with Crippen LogP contribution in [0.4, 0.5) is 13.9 Å². The Morgan fingerprint density at radius 3 is 2.64 bits per heavy atom. The summed E-state index contributed by atoms with van der Waals surface area (Å²) in [5.41, 5.74) is -0.284. The summed E-state index contributed by atoms with van der Waals surface area (Å²) in [6.45, 7) is 1.29. The third-order valence-electron chi connectivity index (χ3n) is 4.42. The lowest BCUT2D eigenvalue weighted by atomic mass is 9.97. The standard InChI is InChI=1S/C15H15F2N3OS/c16-11-5-9(6-12(17)7-11)13-18-14(22-19-13)20-4-3-15(21,8-20)10-1-2-10/h5-7,10,21H,1-4,8H2. The fourth-order valence-corrected chi connectivity index (χ4v) is 3.79. The molecule has 1 unspecified atom stereocenters. The monoisotopic (exact) mass is 323 g/mol. The van der Waals surface area contributed by atoms with Gasteiger partial charge in [0.2, 0.25) is 5.13 Å². The van der Waals surface area contributed by atoms with Crippen LogP contribution in [0.3, 0.4) is 0 Å². The molecular formula is C15H15F2N3OS. The summed E-state index contributed by atoms with van der Waals surface area (Å²) in [7, 11) is 0. The van der Waals surface area contributed by atoms with Crippen molar-refractivity contribution in [3.05, 3.63) is 29.8 Å². The van der Waals surface area contributed by atoms with Gasteiger partial charge in [-0.2, -0.15) is 9.36 Å². The number of aromatic nitrogens is 2. The van der Waals surface area contributed by atoms with E-state index in [1.165, 1.54) is 23.7 Å². The molecule has 0 spiro atoms. The molecule has 1 saturated heterocycles. The molecule has 4 rings (SSSR count). The topological polar surface area (TPSA) is 49.2 Å². The van der Waals surface area contributed by atoms with E-state index in [1.54, 1.807) is 0 Å². The van der Waals surface area contributed by atoms with Gasteiger partial charge >= 0.3 is 0 Å². The van der Waals surface area contributed by atoms with Crippen LogP contribution in [-0.4, -0.2) is 33.2 Å². The van der Waals surface area contributed by atoms with Gasteiger partial charge in [0, 0.05) is 36.3 Å². The molecule has 2 heterocycles. The largest absolute Gasteiger partial charge is 0.388 e. The summed E-state index contributed by atoms with van der Waals surface area (Å²) in [5.74, 6) is -0.561. The zero-order valence-electron chi connectivity index (χ0n) is 11.8. The molecule has 1 saturated carbocycles. The van der Waals surface area contributed by atoms with Crippen LogP contribution in [0.2, 0.25) is 0 Å². The van der Waals surface area contributed by atoms with Gasteiger partial charge in [0.25, 0.3) is 0 Å². The second-order valence-corrected chi connectivity index (χ2v) is 6.84. The number of hydrogen-bond acceptors (Lipinski definition) is 5. The van der Waals surface area contributed by atoms with E-state index in [2.05, 4.69) is 9.36 Å². The van der Waals surface area contributed by atoms with Crippen LogP contribution in [0.5, 0.6) is 0 Å². The molecule has 22 heavy (non-hydrogen) atoms. The summed E-state index contributed by atoms with van der Waals surface area (Å²) in [5, 5.41) is 11.3. The molecule has 1 atom stereocenters. The molecule has 0 radical (unpaired) electrons. The summed E-state index contributed by atoms with van der Waals surface area (Å²) in [4.78, 5) is 6.39. The van der Waals surface area contributed by atoms with E-state index in [9.17, 15) is 13.9 Å². The van der Waals surface area contributed by atoms with Crippen molar-refractivity contribution in [3.63, 3.8) is 0 Å². The molecule has 7 heteroatoms. The van der Waals surface area contributed by atoms with Crippen LogP contribution in [0.1, 0.15) is 19.3 Å². The first-order valence-corrected chi connectivity index (χ1v) is 8.08. The minimum atomic E-state index is -0.643. The Balaban J connectivity index is 1.57. The van der Waals surface area contributed by atoms with Crippen LogP contribution in [0.15, 0.2) is 18.2 Å². The smallest absolute Gasteiger partial charge is 0.205 e. The van der Waals surface area contributed by atoms with E-state index in [0.29, 0.717) is 29.0 Å². The molecule has 1 aromatic heterocycles. The van der Waals surface area contributed by atoms with Crippen LogP contribution in [-0.2, 0) is 0 Å². The Labute approximate surface area is 130 Å². The fraction of sp³-hybridized carbons (Fsp3) is 0.467. The van der Waals surface area contributed by atoms with Crippen molar-refractivity contribution >= 4 is 16.7 Å². The maximum Gasteiger partial charge on any atom is 0.205 e. The summed E-state index contributed by atoms with van der Waals surface area (Å²) < 4.78 is 30.8. The van der Waals surface area contributed by atoms with Crippen molar-refractivity contribution in [2.24, 2.45) is 5.92 Å². The van der Waals surface area contributed by atoms with Gasteiger partial charge in [-0.1, -0.05) is 0 Å². The lowest BCUT2D eigenvalue weighted by molar-refractivity contribution is 0.0401. The molecule has 1 aromatic carbocycles. The number of β-amino-alcohol motifs (C(OH)–C–C–N with tert-alkyl or cyclic N) is 1. The quantitative estimate of drug-likeness (QED) is 0.944. The number of anilines is 1. The first kappa shape index (κ1) is 14.0. The minimum Gasteiger partial charge on any atom is -0.388 e. The average molecular weight is 323 g/mol. The van der Waals surface area contributed by atoms with Gasteiger partial charge in [-0.05, 0) is 37.3 Å². The van der Waals surface area contributed by atoms with E-state index in [-0.39, 0.29) is 0 Å². The fourth-order valence-electron chi connectivity index (χ4n) is 3.08. The van der Waals surface area contributed by atoms with Gasteiger partial charge in [0.1, 0.15) is 11.6 Å². The molecule has 4 nitrogen and oxygen atoms in total. The maximum absolute atomic E-state index is 13.3. The van der Waals surface area contributed by atoms with Crippen molar-refractivity contribution in [3.8, 4) is 11.4 Å². The van der Waals surface area contributed by atoms with Crippen molar-refractivity contribution in [1.82, 2.24) is 9.36 Å². The highest BCUT2D eigenvalue weighted by Crippen LogP contribution is 2.45. The molecule has 116 valence electrons. The van der Waals surface area contributed by atoms with Crippen molar-refractivity contribution < 1.29 is 13.9 Å². The average Bonchev–Trinajstić information content (AvgIpc) is 3.08. The zero-order chi connectivity index (χ0) is 15.3. The molecule has 0 bridgehead atoms. The number of hydrogen-bond donors (Lipinski definition) is 1. The number of rotatable bonds is 3. The van der Waals surface area contributed by atoms with E-state index in [0.717, 1.165) is 31.9 Å². The third kappa shape index (κ3) is 2.48. The predicted molar refractivity (Wildman–Crippen MR) is 79.8 cm³/mol. The van der Waals surface area contributed by atoms with Crippen LogP contribution in [0.25, 0.3) is 11.4 Å². The van der Waals surface area contributed by atoms with Gasteiger partial charge in [-0.3, -0.25) is 0 Å². The Kier molecular flexibility index (Phi) is 3.16. The first-order chi connectivity index (χ1) is 10.5. The van der Waals surface area contributed by atoms with Crippen LogP contribution >= 0.6 is 11.5 Å². The van der Waals surface area contributed by atoms with Crippen molar-refractivity contribution in [1.29, 1.82) is 0 Å². The maximum atomic E-state index is 13.3. The van der Waals surface area contributed by atoms with Gasteiger partial charge < -0.3 is 10.0 Å². The minimum absolute atomic E-state index is 0.320. The second kappa shape index (κ2) is 4.96. The van der Waals surface area contributed by atoms with Crippen molar-refractivity contribution in [2.45, 2.75) is 24.9 Å². The van der Waals surface area contributed by atoms with Gasteiger partial charge in [0.05, 0.1) is 5.60 Å². The van der Waals surface area contributed by atoms with E-state index >= 15 is 0 Å². The highest BCUT2D eigenvalue weighted by molar-refractivity contribution is 7.09. The normalized spacial score (nSPS) is 25.0. The van der Waals surface area contributed by atoms with E-state index < -0.39 is 17.2 Å². The Morgan fingerprint density at radius 2 is 1.95 bits per heavy atom. The first-order valence-electron chi connectivity index (χ1n) is 7.31. The number of nitrogens with zero attached hydrogens (tertiary/aromatic N) is 3. The molecule has 2 fully saturated rings. The van der Waals surface area contributed by atoms with Gasteiger partial charge in [0.15, 0.2) is 5.82 Å².